The topological polar surface area (TPSA) is 26.0 Å². The molecule has 0 amide bonds. The molecule has 74 valence electrons. The summed E-state index contributed by atoms with van der Waals surface area (Å²) in [7, 11) is 0. The highest BCUT2D eigenvalue weighted by Gasteiger charge is 2.30. The number of nitrogen functional groups attached to an aromatic ring is 1. The van der Waals surface area contributed by atoms with Crippen molar-refractivity contribution in [2.75, 3.05) is 5.73 Å². The van der Waals surface area contributed by atoms with Gasteiger partial charge in [0.25, 0.3) is 0 Å². The average Bonchev–Trinajstić information content (AvgIpc) is 1.92. The smallest absolute Gasteiger partial charge is 0.398 e. The molecule has 1 aromatic rings. The third-order valence-corrected chi connectivity index (χ3v) is 2.31. The van der Waals surface area contributed by atoms with Crippen molar-refractivity contribution in [2.45, 2.75) is 6.18 Å². The maximum atomic E-state index is 12.0. The molecule has 13 heavy (non-hydrogen) atoms. The van der Waals surface area contributed by atoms with Crippen LogP contribution in [-0.2, 0) is 6.18 Å². The highest BCUT2D eigenvalue weighted by molar-refractivity contribution is 14.1. The minimum absolute atomic E-state index is 0. The highest BCUT2D eigenvalue weighted by Crippen LogP contribution is 2.31. The second-order valence-corrected chi connectivity index (χ2v) is 3.40. The molecule has 6 heteroatoms. The molecule has 0 atom stereocenters. The van der Waals surface area contributed by atoms with Gasteiger partial charge in [-0.15, -0.1) is 12.4 Å². The molecule has 0 heterocycles. The summed E-state index contributed by atoms with van der Waals surface area (Å²) in [4.78, 5) is 0. The summed E-state index contributed by atoms with van der Waals surface area (Å²) in [5.41, 5.74) is 4.76. The van der Waals surface area contributed by atoms with Crippen LogP contribution in [0.3, 0.4) is 0 Å². The number of rotatable bonds is 0. The van der Waals surface area contributed by atoms with Gasteiger partial charge < -0.3 is 5.73 Å². The molecule has 0 fully saturated rings. The minimum Gasteiger partial charge on any atom is -0.398 e. The molecule has 1 rings (SSSR count). The first kappa shape index (κ1) is 12.8. The normalized spacial score (nSPS) is 10.8. The lowest BCUT2D eigenvalue weighted by Gasteiger charge is -2.07. The Morgan fingerprint density at radius 3 is 2.15 bits per heavy atom. The average molecular weight is 323 g/mol. The summed E-state index contributed by atoms with van der Waals surface area (Å²) >= 11 is 1.88. The first-order valence-electron chi connectivity index (χ1n) is 3.03. The van der Waals surface area contributed by atoms with Crippen molar-refractivity contribution in [3.05, 3.63) is 27.3 Å². The Balaban J connectivity index is 0.00000144. The number of hydrogen-bond donors (Lipinski definition) is 1. The summed E-state index contributed by atoms with van der Waals surface area (Å²) in [6.45, 7) is 0. The molecule has 1 nitrogen and oxygen atoms in total. The summed E-state index contributed by atoms with van der Waals surface area (Å²) in [5, 5.41) is 0. The van der Waals surface area contributed by atoms with E-state index in [2.05, 4.69) is 0 Å². The van der Waals surface area contributed by atoms with E-state index in [1.54, 1.807) is 0 Å². The Labute approximate surface area is 93.0 Å². The number of benzene rings is 1. The van der Waals surface area contributed by atoms with E-state index in [1.807, 2.05) is 22.6 Å². The first-order chi connectivity index (χ1) is 5.41. The van der Waals surface area contributed by atoms with Crippen LogP contribution < -0.4 is 5.73 Å². The highest BCUT2D eigenvalue weighted by atomic mass is 127. The molecule has 0 aliphatic rings. The third-order valence-electron chi connectivity index (χ3n) is 1.32. The SMILES string of the molecule is Cl.Nc1cc(C(F)(F)F)ccc1I. The number of nitrogens with two attached hydrogens (primary N) is 1. The van der Waals surface area contributed by atoms with Crippen LogP contribution in [0.2, 0.25) is 0 Å². The van der Waals surface area contributed by atoms with Crippen molar-refractivity contribution in [3.8, 4) is 0 Å². The zero-order valence-corrected chi connectivity index (χ0v) is 9.20. The van der Waals surface area contributed by atoms with Crippen molar-refractivity contribution in [2.24, 2.45) is 0 Å². The van der Waals surface area contributed by atoms with E-state index in [9.17, 15) is 13.2 Å². The Morgan fingerprint density at radius 2 is 1.77 bits per heavy atom. The van der Waals surface area contributed by atoms with Gasteiger partial charge >= 0.3 is 6.18 Å². The zero-order valence-electron chi connectivity index (χ0n) is 6.23. The number of alkyl halides is 3. The molecule has 0 bridgehead atoms. The van der Waals surface area contributed by atoms with E-state index < -0.39 is 11.7 Å². The van der Waals surface area contributed by atoms with Gasteiger partial charge in [0, 0.05) is 9.26 Å². The van der Waals surface area contributed by atoms with Gasteiger partial charge in [0.1, 0.15) is 0 Å². The number of anilines is 1. The Hall–Kier alpha value is -0.170. The third kappa shape index (κ3) is 3.22. The van der Waals surface area contributed by atoms with Crippen LogP contribution in [-0.4, -0.2) is 0 Å². The molecule has 2 N–H and O–H groups in total. The lowest BCUT2D eigenvalue weighted by Crippen LogP contribution is -2.05. The Kier molecular flexibility index (Phi) is 4.31. The quantitative estimate of drug-likeness (QED) is 0.575. The molecule has 0 spiro atoms. The maximum Gasteiger partial charge on any atom is 0.416 e. The lowest BCUT2D eigenvalue weighted by atomic mass is 10.2. The standard InChI is InChI=1S/C7H5F3IN.ClH/c8-7(9,10)4-1-2-5(11)6(12)3-4;/h1-3H,12H2;1H. The van der Waals surface area contributed by atoms with Gasteiger partial charge in [-0.25, -0.2) is 0 Å². The van der Waals surface area contributed by atoms with E-state index >= 15 is 0 Å². The molecule has 1 aromatic carbocycles. The van der Waals surface area contributed by atoms with E-state index in [0.717, 1.165) is 12.1 Å². The van der Waals surface area contributed by atoms with Crippen LogP contribution in [0.1, 0.15) is 5.56 Å². The fourth-order valence-electron chi connectivity index (χ4n) is 0.720. The van der Waals surface area contributed by atoms with Crippen LogP contribution >= 0.6 is 35.0 Å². The lowest BCUT2D eigenvalue weighted by molar-refractivity contribution is -0.137. The van der Waals surface area contributed by atoms with Crippen molar-refractivity contribution < 1.29 is 13.2 Å². The predicted octanol–water partition coefficient (Wildman–Crippen LogP) is 3.31. The van der Waals surface area contributed by atoms with Crippen LogP contribution in [0, 0.1) is 3.57 Å². The molecule has 0 aromatic heterocycles. The molecular weight excluding hydrogens is 317 g/mol. The van der Waals surface area contributed by atoms with Crippen LogP contribution in [0.25, 0.3) is 0 Å². The van der Waals surface area contributed by atoms with Gasteiger partial charge in [-0.3, -0.25) is 0 Å². The van der Waals surface area contributed by atoms with Gasteiger partial charge in [-0.1, -0.05) is 0 Å². The fourth-order valence-corrected chi connectivity index (χ4v) is 1.06. The summed E-state index contributed by atoms with van der Waals surface area (Å²) in [6, 6.07) is 3.29. The largest absolute Gasteiger partial charge is 0.416 e. The van der Waals surface area contributed by atoms with Gasteiger partial charge in [-0.05, 0) is 40.8 Å². The van der Waals surface area contributed by atoms with Crippen LogP contribution in [0.5, 0.6) is 0 Å². The summed E-state index contributed by atoms with van der Waals surface area (Å²) < 4.78 is 36.8. The second kappa shape index (κ2) is 4.36. The van der Waals surface area contributed by atoms with Gasteiger partial charge in [0.15, 0.2) is 0 Å². The maximum absolute atomic E-state index is 12.0. The van der Waals surface area contributed by atoms with E-state index in [4.69, 9.17) is 5.73 Å². The van der Waals surface area contributed by atoms with Crippen molar-refractivity contribution in [1.82, 2.24) is 0 Å². The monoisotopic (exact) mass is 323 g/mol. The van der Waals surface area contributed by atoms with E-state index in [-0.39, 0.29) is 18.1 Å². The van der Waals surface area contributed by atoms with Gasteiger partial charge in [0.05, 0.1) is 5.56 Å². The summed E-state index contributed by atoms with van der Waals surface area (Å²) in [5.74, 6) is 0. The Bertz CT molecular complexity index is 300. The molecule has 0 radical (unpaired) electrons. The first-order valence-corrected chi connectivity index (χ1v) is 4.11. The van der Waals surface area contributed by atoms with Crippen molar-refractivity contribution in [1.29, 1.82) is 0 Å². The molecule has 0 saturated heterocycles. The molecule has 0 saturated carbocycles. The predicted molar refractivity (Wildman–Crippen MR) is 55.8 cm³/mol. The minimum atomic E-state index is -4.31. The van der Waals surface area contributed by atoms with E-state index in [0.29, 0.717) is 3.57 Å². The second-order valence-electron chi connectivity index (χ2n) is 2.23. The molecule has 0 unspecified atom stereocenters. The van der Waals surface area contributed by atoms with Gasteiger partial charge in [0.2, 0.25) is 0 Å². The van der Waals surface area contributed by atoms with E-state index in [1.165, 1.54) is 6.07 Å². The van der Waals surface area contributed by atoms with Crippen LogP contribution in [0.4, 0.5) is 18.9 Å². The van der Waals surface area contributed by atoms with Gasteiger partial charge in [-0.2, -0.15) is 13.2 Å². The van der Waals surface area contributed by atoms with Crippen molar-refractivity contribution in [3.63, 3.8) is 0 Å². The molecular formula is C7H6ClF3IN. The molecule has 0 aliphatic carbocycles. The Morgan fingerprint density at radius 1 is 1.23 bits per heavy atom. The fraction of sp³-hybridized carbons (Fsp3) is 0.143. The van der Waals surface area contributed by atoms with Crippen molar-refractivity contribution >= 4 is 40.7 Å². The van der Waals surface area contributed by atoms with Crippen LogP contribution in [0.15, 0.2) is 18.2 Å². The zero-order chi connectivity index (χ0) is 9.35. The molecule has 0 aliphatic heterocycles. The number of halogens is 5. The number of hydrogen-bond acceptors (Lipinski definition) is 1. The summed E-state index contributed by atoms with van der Waals surface area (Å²) in [6.07, 6.45) is -4.31.